The van der Waals surface area contributed by atoms with Crippen LogP contribution in [0.5, 0.6) is 0 Å². The normalized spacial score (nSPS) is 12.9. The van der Waals surface area contributed by atoms with Crippen LogP contribution in [0, 0.1) is 0 Å². The Balaban J connectivity index is 3.01. The van der Waals surface area contributed by atoms with E-state index in [0.29, 0.717) is 6.42 Å². The Kier molecular flexibility index (Phi) is 3.80. The minimum atomic E-state index is -3.72. The molecule has 0 radical (unpaired) electrons. The van der Waals surface area contributed by atoms with Crippen molar-refractivity contribution in [1.82, 2.24) is 14.5 Å². The van der Waals surface area contributed by atoms with E-state index < -0.39 is 15.6 Å². The summed E-state index contributed by atoms with van der Waals surface area (Å²) in [6, 6.07) is 0. The molecule has 0 atom stereocenters. The van der Waals surface area contributed by atoms with Crippen LogP contribution in [0.25, 0.3) is 0 Å². The van der Waals surface area contributed by atoms with Gasteiger partial charge in [0.05, 0.1) is 0 Å². The zero-order chi connectivity index (χ0) is 13.3. The summed E-state index contributed by atoms with van der Waals surface area (Å²) in [5, 5.41) is 12.6. The van der Waals surface area contributed by atoms with Crippen molar-refractivity contribution in [3.8, 4) is 0 Å². The molecule has 0 fully saturated rings. The average Bonchev–Trinajstić information content (AvgIpc) is 2.43. The maximum Gasteiger partial charge on any atom is 0.246 e. The van der Waals surface area contributed by atoms with Gasteiger partial charge in [0, 0.05) is 25.4 Å². The lowest BCUT2D eigenvalue weighted by atomic mass is 10.0. The smallest absolute Gasteiger partial charge is 0.246 e. The first kappa shape index (κ1) is 13.9. The number of aryl methyl sites for hydroxylation is 1. The van der Waals surface area contributed by atoms with Crippen molar-refractivity contribution in [3.63, 3.8) is 0 Å². The van der Waals surface area contributed by atoms with Crippen molar-refractivity contribution in [3.05, 3.63) is 6.20 Å². The van der Waals surface area contributed by atoms with Crippen LogP contribution in [0.3, 0.4) is 0 Å². The van der Waals surface area contributed by atoms with Gasteiger partial charge >= 0.3 is 0 Å². The van der Waals surface area contributed by atoms with E-state index in [9.17, 15) is 8.42 Å². The summed E-state index contributed by atoms with van der Waals surface area (Å²) in [5.74, 6) is -0.0419. The molecule has 0 saturated carbocycles. The molecule has 0 aromatic carbocycles. The van der Waals surface area contributed by atoms with Gasteiger partial charge in [-0.05, 0) is 20.3 Å². The molecular weight excluding hydrogens is 244 g/mol. The van der Waals surface area contributed by atoms with Crippen LogP contribution >= 0.6 is 0 Å². The van der Waals surface area contributed by atoms with Crippen LogP contribution in [0.2, 0.25) is 0 Å². The molecule has 0 bridgehead atoms. The molecule has 8 heteroatoms. The second-order valence-corrected chi connectivity index (χ2v) is 6.17. The fourth-order valence-corrected chi connectivity index (χ4v) is 2.99. The van der Waals surface area contributed by atoms with Crippen molar-refractivity contribution in [1.29, 1.82) is 0 Å². The number of sulfonamides is 1. The molecule has 0 saturated heterocycles. The minimum absolute atomic E-state index is 0.0419. The van der Waals surface area contributed by atoms with Gasteiger partial charge in [-0.15, -0.1) is 0 Å². The predicted molar refractivity (Wildman–Crippen MR) is 63.7 cm³/mol. The van der Waals surface area contributed by atoms with Crippen LogP contribution in [0.4, 0.5) is 5.82 Å². The first-order valence-electron chi connectivity index (χ1n) is 5.12. The number of aliphatic hydroxyl groups excluding tert-OH is 1. The quantitative estimate of drug-likeness (QED) is 0.659. The molecule has 4 N–H and O–H groups in total. The third-order valence-corrected chi connectivity index (χ3v) is 3.97. The third kappa shape index (κ3) is 3.42. The molecule has 0 aliphatic heterocycles. The molecule has 98 valence electrons. The molecule has 17 heavy (non-hydrogen) atoms. The Bertz CT molecular complexity index is 492. The molecule has 1 aromatic rings. The predicted octanol–water partition coefficient (Wildman–Crippen LogP) is -0.558. The third-order valence-electron chi connectivity index (χ3n) is 2.26. The van der Waals surface area contributed by atoms with E-state index in [1.54, 1.807) is 20.9 Å². The van der Waals surface area contributed by atoms with Crippen LogP contribution in [0.1, 0.15) is 20.3 Å². The Labute approximate surface area is 101 Å². The lowest BCUT2D eigenvalue weighted by Crippen LogP contribution is -2.43. The highest BCUT2D eigenvalue weighted by molar-refractivity contribution is 7.89. The molecule has 1 aromatic heterocycles. The first-order chi connectivity index (χ1) is 7.68. The topological polar surface area (TPSA) is 110 Å². The fourth-order valence-electron chi connectivity index (χ4n) is 1.44. The monoisotopic (exact) mass is 262 g/mol. The van der Waals surface area contributed by atoms with Crippen molar-refractivity contribution >= 4 is 15.8 Å². The largest absolute Gasteiger partial charge is 0.396 e. The number of nitrogen functional groups attached to an aromatic ring is 1. The number of hydrogen-bond acceptors (Lipinski definition) is 5. The Morgan fingerprint density at radius 3 is 2.59 bits per heavy atom. The summed E-state index contributed by atoms with van der Waals surface area (Å²) < 4.78 is 27.9. The molecule has 0 spiro atoms. The van der Waals surface area contributed by atoms with Gasteiger partial charge in [0.2, 0.25) is 10.0 Å². The standard InChI is InChI=1S/C9H18N4O3S/c1-9(2,4-5-14)12-17(15,16)7-6-13(3)11-8(7)10/h6,12,14H,4-5H2,1-3H3,(H2,10,11). The number of aromatic nitrogens is 2. The highest BCUT2D eigenvalue weighted by Gasteiger charge is 2.28. The van der Waals surface area contributed by atoms with Gasteiger partial charge < -0.3 is 10.8 Å². The number of nitrogens with zero attached hydrogens (tertiary/aromatic N) is 2. The minimum Gasteiger partial charge on any atom is -0.396 e. The number of hydrogen-bond donors (Lipinski definition) is 3. The summed E-state index contributed by atoms with van der Waals surface area (Å²) in [6.07, 6.45) is 1.65. The molecule has 0 amide bonds. The summed E-state index contributed by atoms with van der Waals surface area (Å²) in [4.78, 5) is -0.0500. The maximum absolute atomic E-state index is 12.0. The van der Waals surface area contributed by atoms with E-state index in [4.69, 9.17) is 10.8 Å². The van der Waals surface area contributed by atoms with Crippen molar-refractivity contribution in [2.45, 2.75) is 30.7 Å². The molecule has 0 aliphatic rings. The van der Waals surface area contributed by atoms with Gasteiger partial charge in [0.15, 0.2) is 5.82 Å². The van der Waals surface area contributed by atoms with Gasteiger partial charge in [-0.1, -0.05) is 0 Å². The van der Waals surface area contributed by atoms with Crippen LogP contribution < -0.4 is 10.5 Å². The number of nitrogens with two attached hydrogens (primary N) is 1. The van der Waals surface area contributed by atoms with Crippen molar-refractivity contribution < 1.29 is 13.5 Å². The molecule has 1 rings (SSSR count). The van der Waals surface area contributed by atoms with E-state index in [1.165, 1.54) is 10.9 Å². The van der Waals surface area contributed by atoms with Crippen molar-refractivity contribution in [2.75, 3.05) is 12.3 Å². The summed E-state index contributed by atoms with van der Waals surface area (Å²) in [6.45, 7) is 3.28. The molecule has 0 unspecified atom stereocenters. The Hall–Kier alpha value is -1.12. The Morgan fingerprint density at radius 1 is 1.59 bits per heavy atom. The number of nitrogens with one attached hydrogen (secondary N) is 1. The van der Waals surface area contributed by atoms with E-state index in [-0.39, 0.29) is 17.3 Å². The summed E-state index contributed by atoms with van der Waals surface area (Å²) >= 11 is 0. The fraction of sp³-hybridized carbons (Fsp3) is 0.667. The summed E-state index contributed by atoms with van der Waals surface area (Å²) in [7, 11) is -2.13. The highest BCUT2D eigenvalue weighted by Crippen LogP contribution is 2.19. The zero-order valence-corrected chi connectivity index (χ0v) is 11.0. The van der Waals surface area contributed by atoms with Crippen molar-refractivity contribution in [2.24, 2.45) is 7.05 Å². The Morgan fingerprint density at radius 2 is 2.18 bits per heavy atom. The van der Waals surface area contributed by atoms with Gasteiger partial charge in [-0.25, -0.2) is 13.1 Å². The van der Waals surface area contributed by atoms with Gasteiger partial charge in [0.1, 0.15) is 4.90 Å². The van der Waals surface area contributed by atoms with E-state index in [0.717, 1.165) is 0 Å². The average molecular weight is 262 g/mol. The lowest BCUT2D eigenvalue weighted by molar-refractivity contribution is 0.246. The van der Waals surface area contributed by atoms with E-state index in [2.05, 4.69) is 9.82 Å². The van der Waals surface area contributed by atoms with Gasteiger partial charge in [-0.3, -0.25) is 4.68 Å². The number of anilines is 1. The molecule has 0 aliphatic carbocycles. The highest BCUT2D eigenvalue weighted by atomic mass is 32.2. The first-order valence-corrected chi connectivity index (χ1v) is 6.60. The van der Waals surface area contributed by atoms with Crippen LogP contribution in [-0.2, 0) is 17.1 Å². The van der Waals surface area contributed by atoms with Crippen LogP contribution in [0.15, 0.2) is 11.1 Å². The van der Waals surface area contributed by atoms with Gasteiger partial charge in [-0.2, -0.15) is 5.10 Å². The molecule has 1 heterocycles. The molecular formula is C9H18N4O3S. The lowest BCUT2D eigenvalue weighted by Gasteiger charge is -2.24. The summed E-state index contributed by atoms with van der Waals surface area (Å²) in [5.41, 5.74) is 4.78. The van der Waals surface area contributed by atoms with Crippen LogP contribution in [-0.4, -0.2) is 35.5 Å². The SMILES string of the molecule is Cn1cc(S(=O)(=O)NC(C)(C)CCO)c(N)n1. The number of rotatable bonds is 5. The van der Waals surface area contributed by atoms with E-state index in [1.807, 2.05) is 0 Å². The number of aliphatic hydroxyl groups is 1. The zero-order valence-electron chi connectivity index (χ0n) is 10.1. The second kappa shape index (κ2) is 4.63. The molecule has 7 nitrogen and oxygen atoms in total. The van der Waals surface area contributed by atoms with Gasteiger partial charge in [0.25, 0.3) is 0 Å². The second-order valence-electron chi connectivity index (χ2n) is 4.52. The van der Waals surface area contributed by atoms with E-state index >= 15 is 0 Å². The maximum atomic E-state index is 12.0.